The molecule has 2 aliphatic heterocycles. The van der Waals surface area contributed by atoms with Gasteiger partial charge in [0.2, 0.25) is 0 Å². The topological polar surface area (TPSA) is 75.4 Å². The van der Waals surface area contributed by atoms with Gasteiger partial charge in [-0.3, -0.25) is 9.50 Å². The first-order valence-electron chi connectivity index (χ1n) is 34.2. The Morgan fingerprint density at radius 2 is 0.510 bits per heavy atom. The number of fused-ring (bicyclic) bond motifs is 6. The van der Waals surface area contributed by atoms with Crippen molar-refractivity contribution < 1.29 is 14.9 Å². The number of rotatable bonds is 11. The Balaban J connectivity index is 0.000000164. The summed E-state index contributed by atoms with van der Waals surface area (Å²) in [5, 5.41) is 29.3. The Labute approximate surface area is 620 Å². The number of halogens is 3. The van der Waals surface area contributed by atoms with Crippen LogP contribution in [0, 0.1) is 0 Å². The van der Waals surface area contributed by atoms with Crippen LogP contribution < -0.4 is 25.0 Å². The van der Waals surface area contributed by atoms with Crippen LogP contribution in [0.5, 0.6) is 0 Å². The lowest BCUT2D eigenvalue weighted by Crippen LogP contribution is -2.38. The average Bonchev–Trinajstić information content (AvgIpc) is 0.705. The molecule has 0 fully saturated rings. The highest BCUT2D eigenvalue weighted by molar-refractivity contribution is 9.11. The molecule has 104 heavy (non-hydrogen) atoms. The lowest BCUT2D eigenvalue weighted by molar-refractivity contribution is 0.125. The smallest absolute Gasteiger partial charge is 0.197 e. The van der Waals surface area contributed by atoms with Crippen molar-refractivity contribution in [2.24, 2.45) is 0 Å². The molecule has 0 saturated heterocycles. The van der Waals surface area contributed by atoms with Crippen molar-refractivity contribution in [3.05, 3.63) is 447 Å². The molecule has 0 atom stereocenters. The first-order chi connectivity index (χ1) is 50.7. The molecule has 16 aromatic rings. The number of pyridine rings is 1. The summed E-state index contributed by atoms with van der Waals surface area (Å²) in [5.41, 5.74) is 15.6. The molecule has 0 saturated carbocycles. The average molecular weight is 1480 g/mol. The molecule has 15 aromatic carbocycles. The molecule has 0 spiro atoms. The van der Waals surface area contributed by atoms with E-state index in [2.05, 4.69) is 189 Å². The zero-order valence-corrected chi connectivity index (χ0v) is 59.4. The lowest BCUT2D eigenvalue weighted by Gasteiger charge is -2.45. The maximum atomic E-state index is 13.9. The van der Waals surface area contributed by atoms with Crippen LogP contribution in [-0.2, 0) is 11.2 Å². The van der Waals surface area contributed by atoms with Gasteiger partial charge in [-0.1, -0.05) is 249 Å². The van der Waals surface area contributed by atoms with Gasteiger partial charge in [-0.2, -0.15) is 0 Å². The van der Waals surface area contributed by atoms with Gasteiger partial charge in [-0.15, -0.1) is 0 Å². The summed E-state index contributed by atoms with van der Waals surface area (Å²) in [6.45, 7) is 0. The minimum absolute atomic E-state index is 0. The Kier molecular flexibility index (Phi) is 19.1. The summed E-state index contributed by atoms with van der Waals surface area (Å²) in [4.78, 5) is 21.6. The van der Waals surface area contributed by atoms with E-state index in [-0.39, 0.29) is 10.1 Å². The summed E-state index contributed by atoms with van der Waals surface area (Å²) < 4.78 is 4.26. The molecule has 504 valence electrons. The second-order valence-corrected chi connectivity index (χ2v) is 26.9. The second-order valence-electron chi connectivity index (χ2n) is 25.1. The number of hydrogen-bond donors (Lipinski definition) is 2. The standard InChI is InChI=1S/C56H41N3O2.C19H13NO.C18H13Br2N.FH/c60-55(43-28-10-16-34-49(43)57(40-22-4-1-5-23-40)50-35-17-11-29-44(50)55)47-32-14-20-38-53(47)59(42-26-8-3-9-27-42)54-39-21-15-33-48(54)56(61)45-30-12-18-36-51(45)58(41-24-6-2-7-25-41)52-37-19-13-31-46(52)56;21-19-15-10-4-6-12-17(15)20(14-8-2-1-3-9-14)18-13-7-5-11-16(18)19;19-15-10-4-6-12-17(15)21(14-8-2-1-3-9-14)18-13-7-5-11-16(18)20;/h1-39,60-61H;2*1-13H;1H. The van der Waals surface area contributed by atoms with Gasteiger partial charge in [0.25, 0.3) is 0 Å². The van der Waals surface area contributed by atoms with Crippen LogP contribution in [0.1, 0.15) is 33.4 Å². The van der Waals surface area contributed by atoms with Crippen LogP contribution in [0.2, 0.25) is 0 Å². The highest BCUT2D eigenvalue weighted by atomic mass is 79.9. The number of nitrogens with zero attached hydrogens (tertiary/aromatic N) is 5. The summed E-state index contributed by atoms with van der Waals surface area (Å²) in [6.07, 6.45) is 0. The Morgan fingerprint density at radius 1 is 0.260 bits per heavy atom. The van der Waals surface area contributed by atoms with Gasteiger partial charge < -0.3 is 34.4 Å². The molecule has 0 bridgehead atoms. The monoisotopic (exact) mass is 1480 g/mol. The van der Waals surface area contributed by atoms with Crippen molar-refractivity contribution in [3.63, 3.8) is 0 Å². The summed E-state index contributed by atoms with van der Waals surface area (Å²) in [5.74, 6) is 0. The maximum absolute atomic E-state index is 13.9. The minimum atomic E-state index is -1.59. The fraction of sp³-hybridized carbons (Fsp3) is 0.0215. The van der Waals surface area contributed by atoms with E-state index in [0.29, 0.717) is 11.1 Å². The first kappa shape index (κ1) is 67.6. The van der Waals surface area contributed by atoms with Gasteiger partial charge in [0.1, 0.15) is 11.2 Å². The van der Waals surface area contributed by atoms with E-state index in [0.717, 1.165) is 127 Å². The van der Waals surface area contributed by atoms with Gasteiger partial charge >= 0.3 is 0 Å². The number of hydrogen-bond acceptors (Lipinski definition) is 7. The molecule has 11 heteroatoms. The van der Waals surface area contributed by atoms with Crippen LogP contribution in [0.25, 0.3) is 27.5 Å². The SMILES string of the molecule is Brc1ccccc1N(c1ccccc1)c1ccccc1Br.F.O=c1c2ccccc2n(-c2ccccc2)c2ccccc12.OC1(c2ccccc2N(c2ccccc2)c2ccccc2C2(O)c3ccccc3N(c3ccccc3)c3ccccc32)c2ccccc2N(c2ccccc2)c2ccccc21. The molecular weight excluding hydrogens is 1410 g/mol. The Hall–Kier alpha value is -12.2. The van der Waals surface area contributed by atoms with Gasteiger partial charge in [-0.25, -0.2) is 0 Å². The molecular formula is C93H68Br2FN5O3. The molecule has 1 aromatic heterocycles. The molecule has 3 heterocycles. The van der Waals surface area contributed by atoms with E-state index in [1.54, 1.807) is 0 Å². The largest absolute Gasteiger partial charge is 0.376 e. The first-order valence-corrected chi connectivity index (χ1v) is 35.8. The molecule has 8 nitrogen and oxygen atoms in total. The number of benzene rings is 15. The Morgan fingerprint density at radius 3 is 0.856 bits per heavy atom. The fourth-order valence-corrected chi connectivity index (χ4v) is 15.7. The van der Waals surface area contributed by atoms with Crippen molar-refractivity contribution in [1.82, 2.24) is 4.57 Å². The molecule has 2 aliphatic rings. The zero-order chi connectivity index (χ0) is 69.9. The third-order valence-electron chi connectivity index (χ3n) is 19.2. The quantitative estimate of drug-likeness (QED) is 0.125. The van der Waals surface area contributed by atoms with Crippen molar-refractivity contribution >= 4 is 122 Å². The molecule has 18 rings (SSSR count). The van der Waals surface area contributed by atoms with Crippen molar-refractivity contribution in [2.75, 3.05) is 19.6 Å². The van der Waals surface area contributed by atoms with E-state index in [1.165, 1.54) is 0 Å². The zero-order valence-electron chi connectivity index (χ0n) is 56.2. The number of para-hydroxylation sites is 15. The predicted octanol–water partition coefficient (Wildman–Crippen LogP) is 24.3. The maximum Gasteiger partial charge on any atom is 0.197 e. The van der Waals surface area contributed by atoms with E-state index in [1.807, 2.05) is 261 Å². The van der Waals surface area contributed by atoms with Gasteiger partial charge in [0, 0.05) is 81.5 Å². The van der Waals surface area contributed by atoms with Crippen LogP contribution in [0.15, 0.2) is 408 Å². The fourth-order valence-electron chi connectivity index (χ4n) is 14.8. The molecule has 0 unspecified atom stereocenters. The van der Waals surface area contributed by atoms with Gasteiger partial charge in [-0.05, 0) is 177 Å². The van der Waals surface area contributed by atoms with Crippen LogP contribution in [-0.4, -0.2) is 14.8 Å². The van der Waals surface area contributed by atoms with Crippen LogP contribution >= 0.6 is 31.9 Å². The van der Waals surface area contributed by atoms with Gasteiger partial charge in [0.05, 0.1) is 56.5 Å². The summed E-state index contributed by atoms with van der Waals surface area (Å²) >= 11 is 7.32. The lowest BCUT2D eigenvalue weighted by atomic mass is 9.74. The molecule has 2 N–H and O–H groups in total. The third kappa shape index (κ3) is 12.1. The van der Waals surface area contributed by atoms with Crippen molar-refractivity contribution in [3.8, 4) is 5.69 Å². The molecule has 0 aliphatic carbocycles. The van der Waals surface area contributed by atoms with Gasteiger partial charge in [0.15, 0.2) is 5.43 Å². The number of aliphatic hydroxyl groups is 2. The highest BCUT2D eigenvalue weighted by Gasteiger charge is 2.48. The van der Waals surface area contributed by atoms with E-state index >= 15 is 0 Å². The minimum Gasteiger partial charge on any atom is -0.376 e. The Bertz CT molecular complexity index is 5400. The normalized spacial score (nSPS) is 12.7. The van der Waals surface area contributed by atoms with E-state index < -0.39 is 11.2 Å². The van der Waals surface area contributed by atoms with Crippen molar-refractivity contribution in [1.29, 1.82) is 0 Å². The second kappa shape index (κ2) is 29.4. The molecule has 0 radical (unpaired) electrons. The van der Waals surface area contributed by atoms with E-state index in [9.17, 15) is 15.0 Å². The number of aromatic nitrogens is 1. The highest BCUT2D eigenvalue weighted by Crippen LogP contribution is 2.59. The summed E-state index contributed by atoms with van der Waals surface area (Å²) in [7, 11) is 0. The third-order valence-corrected chi connectivity index (χ3v) is 20.6. The molecule has 0 amide bonds. The van der Waals surface area contributed by atoms with Crippen molar-refractivity contribution in [2.45, 2.75) is 11.2 Å². The summed E-state index contributed by atoms with van der Waals surface area (Å²) in [6, 6.07) is 132. The van der Waals surface area contributed by atoms with E-state index in [4.69, 9.17) is 0 Å². The predicted molar refractivity (Wildman–Crippen MR) is 434 cm³/mol. The van der Waals surface area contributed by atoms with Crippen LogP contribution in [0.3, 0.4) is 0 Å². The van der Waals surface area contributed by atoms with Crippen LogP contribution in [0.4, 0.5) is 73.0 Å². The number of anilines is 12.